The number of urea groups is 1. The van der Waals surface area contributed by atoms with Gasteiger partial charge in [-0.05, 0) is 49.6 Å². The first-order valence-electron chi connectivity index (χ1n) is 11.0. The lowest BCUT2D eigenvalue weighted by molar-refractivity contribution is -0.137. The van der Waals surface area contributed by atoms with E-state index in [4.69, 9.17) is 4.74 Å². The van der Waals surface area contributed by atoms with E-state index >= 15 is 0 Å². The number of ether oxygens (including phenoxy) is 1. The van der Waals surface area contributed by atoms with Crippen LogP contribution in [0.15, 0.2) is 42.6 Å². The van der Waals surface area contributed by atoms with Gasteiger partial charge < -0.3 is 19.4 Å². The Kier molecular flexibility index (Phi) is 6.71. The van der Waals surface area contributed by atoms with Gasteiger partial charge >= 0.3 is 12.2 Å². The molecule has 3 heterocycles. The topological polar surface area (TPSA) is 66.0 Å². The van der Waals surface area contributed by atoms with Gasteiger partial charge in [0, 0.05) is 57.1 Å². The Balaban J connectivity index is 1.30. The van der Waals surface area contributed by atoms with Crippen LogP contribution >= 0.6 is 0 Å². The lowest BCUT2D eigenvalue weighted by Gasteiger charge is -2.38. The Morgan fingerprint density at radius 2 is 1.39 bits per heavy atom. The first-order chi connectivity index (χ1) is 15.8. The molecule has 10 heteroatoms. The fourth-order valence-corrected chi connectivity index (χ4v) is 3.96. The smallest absolute Gasteiger partial charge is 0.417 e. The number of pyridine rings is 1. The van der Waals surface area contributed by atoms with Crippen molar-refractivity contribution in [3.8, 4) is 11.6 Å². The minimum absolute atomic E-state index is 0.0246. The summed E-state index contributed by atoms with van der Waals surface area (Å²) in [6, 6.07) is 8.45. The van der Waals surface area contributed by atoms with Crippen LogP contribution in [0.25, 0.3) is 0 Å². The number of alkyl halides is 3. The normalized spacial score (nSPS) is 17.1. The number of carbonyl (C=O) groups is 2. The fraction of sp³-hybridized carbons (Fsp3) is 0.435. The van der Waals surface area contributed by atoms with Gasteiger partial charge in [-0.1, -0.05) is 0 Å². The van der Waals surface area contributed by atoms with E-state index in [1.165, 1.54) is 0 Å². The minimum Gasteiger partial charge on any atom is -0.439 e. The van der Waals surface area contributed by atoms with Gasteiger partial charge in [0.15, 0.2) is 0 Å². The third-order valence-corrected chi connectivity index (χ3v) is 5.85. The second-order valence-corrected chi connectivity index (χ2v) is 8.12. The molecule has 3 amide bonds. The van der Waals surface area contributed by atoms with E-state index in [0.29, 0.717) is 43.7 Å². The molecule has 0 N–H and O–H groups in total. The molecule has 2 fully saturated rings. The van der Waals surface area contributed by atoms with Crippen LogP contribution in [0.3, 0.4) is 0 Å². The van der Waals surface area contributed by atoms with Crippen LogP contribution in [-0.2, 0) is 6.18 Å². The van der Waals surface area contributed by atoms with Crippen LogP contribution in [0.1, 0.15) is 35.2 Å². The maximum atomic E-state index is 12.8. The van der Waals surface area contributed by atoms with Gasteiger partial charge in [0.2, 0.25) is 5.88 Å². The standard InChI is InChI=1S/C23H25F3N4O3/c24-23(25,26)18-6-9-20(27-16-18)33-19-7-4-17(5-8-19)21(31)28-12-14-30(15-13-28)22(32)29-10-2-1-3-11-29/h4-9,16H,1-3,10-15H2. The van der Waals surface area contributed by atoms with Gasteiger partial charge in [-0.15, -0.1) is 0 Å². The Labute approximate surface area is 189 Å². The molecule has 0 radical (unpaired) electrons. The molecule has 2 aliphatic rings. The molecule has 2 aromatic rings. The Morgan fingerprint density at radius 3 is 1.97 bits per heavy atom. The lowest BCUT2D eigenvalue weighted by atomic mass is 10.1. The Morgan fingerprint density at radius 1 is 0.788 bits per heavy atom. The summed E-state index contributed by atoms with van der Waals surface area (Å²) in [6.07, 6.45) is -0.503. The highest BCUT2D eigenvalue weighted by molar-refractivity contribution is 5.94. The average molecular weight is 462 g/mol. The number of aromatic nitrogens is 1. The number of piperidine rings is 1. The van der Waals surface area contributed by atoms with Crippen molar-refractivity contribution >= 4 is 11.9 Å². The van der Waals surface area contributed by atoms with Crippen molar-refractivity contribution in [2.75, 3.05) is 39.3 Å². The van der Waals surface area contributed by atoms with Crippen molar-refractivity contribution < 1.29 is 27.5 Å². The monoisotopic (exact) mass is 462 g/mol. The van der Waals surface area contributed by atoms with E-state index in [2.05, 4.69) is 4.98 Å². The minimum atomic E-state index is -4.46. The molecule has 4 rings (SSSR count). The summed E-state index contributed by atoms with van der Waals surface area (Å²) in [6.45, 7) is 3.53. The highest BCUT2D eigenvalue weighted by Crippen LogP contribution is 2.30. The molecule has 2 aliphatic heterocycles. The number of halogens is 3. The van der Waals surface area contributed by atoms with Gasteiger partial charge in [0.05, 0.1) is 5.56 Å². The van der Waals surface area contributed by atoms with Crippen molar-refractivity contribution in [3.63, 3.8) is 0 Å². The van der Waals surface area contributed by atoms with Gasteiger partial charge in [0.25, 0.3) is 5.91 Å². The quantitative estimate of drug-likeness (QED) is 0.684. The van der Waals surface area contributed by atoms with Crippen molar-refractivity contribution in [2.45, 2.75) is 25.4 Å². The fourth-order valence-electron chi connectivity index (χ4n) is 3.96. The number of hydrogen-bond donors (Lipinski definition) is 0. The van der Waals surface area contributed by atoms with Crippen molar-refractivity contribution in [2.24, 2.45) is 0 Å². The number of carbonyl (C=O) groups excluding carboxylic acids is 2. The second kappa shape index (κ2) is 9.68. The van der Waals surface area contributed by atoms with Crippen LogP contribution in [0.2, 0.25) is 0 Å². The van der Waals surface area contributed by atoms with E-state index in [1.807, 2.05) is 9.80 Å². The largest absolute Gasteiger partial charge is 0.439 e. The lowest BCUT2D eigenvalue weighted by Crippen LogP contribution is -2.54. The number of piperazine rings is 1. The first kappa shape index (κ1) is 22.9. The highest BCUT2D eigenvalue weighted by Gasteiger charge is 2.31. The molecule has 0 saturated carbocycles. The molecule has 0 atom stereocenters. The molecule has 2 saturated heterocycles. The van der Waals surface area contributed by atoms with E-state index < -0.39 is 11.7 Å². The average Bonchev–Trinajstić information content (AvgIpc) is 2.84. The number of hydrogen-bond acceptors (Lipinski definition) is 4. The molecule has 33 heavy (non-hydrogen) atoms. The van der Waals surface area contributed by atoms with Crippen LogP contribution < -0.4 is 4.74 Å². The zero-order valence-electron chi connectivity index (χ0n) is 18.1. The van der Waals surface area contributed by atoms with Crippen molar-refractivity contribution in [1.82, 2.24) is 19.7 Å². The molecule has 7 nitrogen and oxygen atoms in total. The molecule has 1 aromatic carbocycles. The van der Waals surface area contributed by atoms with Gasteiger partial charge in [-0.2, -0.15) is 13.2 Å². The second-order valence-electron chi connectivity index (χ2n) is 8.12. The molecular weight excluding hydrogens is 437 g/mol. The SMILES string of the molecule is O=C(c1ccc(Oc2ccc(C(F)(F)F)cn2)cc1)N1CCN(C(=O)N2CCCCC2)CC1. The van der Waals surface area contributed by atoms with E-state index in [9.17, 15) is 22.8 Å². The predicted octanol–water partition coefficient (Wildman–Crippen LogP) is 4.26. The molecule has 0 bridgehead atoms. The summed E-state index contributed by atoms with van der Waals surface area (Å²) in [5, 5.41) is 0. The third kappa shape index (κ3) is 5.55. The van der Waals surface area contributed by atoms with Crippen molar-refractivity contribution in [1.29, 1.82) is 0 Å². The van der Waals surface area contributed by atoms with Gasteiger partial charge in [-0.25, -0.2) is 9.78 Å². The van der Waals surface area contributed by atoms with Crippen LogP contribution in [-0.4, -0.2) is 70.9 Å². The summed E-state index contributed by atoms with van der Waals surface area (Å²) in [5.41, 5.74) is -0.382. The van der Waals surface area contributed by atoms with E-state index in [0.717, 1.165) is 44.5 Å². The summed E-state index contributed by atoms with van der Waals surface area (Å²) >= 11 is 0. The number of benzene rings is 1. The third-order valence-electron chi connectivity index (χ3n) is 5.85. The van der Waals surface area contributed by atoms with Crippen LogP contribution in [0, 0.1) is 0 Å². The predicted molar refractivity (Wildman–Crippen MR) is 114 cm³/mol. The molecule has 0 unspecified atom stereocenters. The van der Waals surface area contributed by atoms with Gasteiger partial charge in [0.1, 0.15) is 5.75 Å². The molecule has 0 spiro atoms. The number of rotatable bonds is 3. The molecular formula is C23H25F3N4O3. The summed E-state index contributed by atoms with van der Waals surface area (Å²) in [5.74, 6) is 0.242. The summed E-state index contributed by atoms with van der Waals surface area (Å²) < 4.78 is 43.4. The molecule has 176 valence electrons. The number of likely N-dealkylation sites (tertiary alicyclic amines) is 1. The maximum absolute atomic E-state index is 12.8. The molecule has 1 aromatic heterocycles. The summed E-state index contributed by atoms with van der Waals surface area (Å²) in [4.78, 5) is 34.6. The van der Waals surface area contributed by atoms with Crippen LogP contribution in [0.4, 0.5) is 18.0 Å². The first-order valence-corrected chi connectivity index (χ1v) is 11.0. The van der Waals surface area contributed by atoms with E-state index in [1.54, 1.807) is 29.2 Å². The molecule has 0 aliphatic carbocycles. The zero-order chi connectivity index (χ0) is 23.4. The van der Waals surface area contributed by atoms with E-state index in [-0.39, 0.29) is 17.8 Å². The highest BCUT2D eigenvalue weighted by atomic mass is 19.4. The van der Waals surface area contributed by atoms with Crippen molar-refractivity contribution in [3.05, 3.63) is 53.7 Å². The zero-order valence-corrected chi connectivity index (χ0v) is 18.1. The van der Waals surface area contributed by atoms with Gasteiger partial charge in [-0.3, -0.25) is 4.79 Å². The number of nitrogens with zero attached hydrogens (tertiary/aromatic N) is 4. The Hall–Kier alpha value is -3.30. The Bertz CT molecular complexity index is 966. The number of amides is 3. The van der Waals surface area contributed by atoms with Crippen LogP contribution in [0.5, 0.6) is 11.6 Å². The summed E-state index contributed by atoms with van der Waals surface area (Å²) in [7, 11) is 0. The maximum Gasteiger partial charge on any atom is 0.417 e.